The highest BCUT2D eigenvalue weighted by atomic mass is 15.1. The third-order valence-electron chi connectivity index (χ3n) is 4.94. The molecule has 0 saturated carbocycles. The normalized spacial score (nSPS) is 11.7. The molecule has 0 radical (unpaired) electrons. The van der Waals surface area contributed by atoms with Crippen LogP contribution in [0.25, 0.3) is 11.3 Å². The first-order valence-electron chi connectivity index (χ1n) is 8.92. The third-order valence-corrected chi connectivity index (χ3v) is 4.94. The summed E-state index contributed by atoms with van der Waals surface area (Å²) in [6.45, 7) is 0.947. The molecule has 0 saturated heterocycles. The summed E-state index contributed by atoms with van der Waals surface area (Å²) in [6.07, 6.45) is 2.20. The van der Waals surface area contributed by atoms with Gasteiger partial charge in [-0.15, -0.1) is 0 Å². The van der Waals surface area contributed by atoms with Gasteiger partial charge in [0.15, 0.2) is 12.7 Å². The van der Waals surface area contributed by atoms with Crippen LogP contribution in [0.3, 0.4) is 0 Å². The molecule has 0 unspecified atom stereocenters. The van der Waals surface area contributed by atoms with E-state index in [4.69, 9.17) is 0 Å². The van der Waals surface area contributed by atoms with Crippen LogP contribution in [-0.4, -0.2) is 0 Å². The Labute approximate surface area is 153 Å². The molecular formula is C24H19N2+. The maximum atomic E-state index is 2.32. The van der Waals surface area contributed by atoms with Gasteiger partial charge in [-0.25, -0.2) is 0 Å². The van der Waals surface area contributed by atoms with Gasteiger partial charge in [0.2, 0.25) is 5.69 Å². The number of nitrogens with zero attached hydrogens (tertiary/aromatic N) is 2. The highest BCUT2D eigenvalue weighted by molar-refractivity contribution is 5.78. The molecule has 0 aliphatic carbocycles. The van der Waals surface area contributed by atoms with Crippen molar-refractivity contribution in [1.82, 2.24) is 0 Å². The van der Waals surface area contributed by atoms with Gasteiger partial charge < -0.3 is 4.90 Å². The molecule has 2 heterocycles. The predicted molar refractivity (Wildman–Crippen MR) is 106 cm³/mol. The van der Waals surface area contributed by atoms with Gasteiger partial charge >= 0.3 is 0 Å². The van der Waals surface area contributed by atoms with Crippen LogP contribution in [0, 0.1) is 0 Å². The van der Waals surface area contributed by atoms with Gasteiger partial charge in [0.05, 0.1) is 11.3 Å². The van der Waals surface area contributed by atoms with E-state index in [0.717, 1.165) is 17.9 Å². The molecule has 1 aromatic heterocycles. The van der Waals surface area contributed by atoms with Crippen molar-refractivity contribution in [3.8, 4) is 11.3 Å². The maximum absolute atomic E-state index is 2.32. The second-order valence-electron chi connectivity index (χ2n) is 6.56. The fourth-order valence-electron chi connectivity index (χ4n) is 3.72. The van der Waals surface area contributed by atoms with Crippen molar-refractivity contribution in [1.29, 1.82) is 0 Å². The molecule has 0 N–H and O–H groups in total. The first-order chi connectivity index (χ1) is 12.9. The number of fused-ring (bicyclic) bond motifs is 3. The molecule has 3 aromatic carbocycles. The van der Waals surface area contributed by atoms with Crippen molar-refractivity contribution in [2.75, 3.05) is 4.90 Å². The van der Waals surface area contributed by atoms with E-state index in [1.54, 1.807) is 0 Å². The number of anilines is 3. The summed E-state index contributed by atoms with van der Waals surface area (Å²) in [6, 6.07) is 34.2. The Bertz CT molecular complexity index is 1020. The van der Waals surface area contributed by atoms with E-state index in [-0.39, 0.29) is 0 Å². The second kappa shape index (κ2) is 6.16. The van der Waals surface area contributed by atoms with Gasteiger partial charge in [0.1, 0.15) is 0 Å². The Balaban J connectivity index is 1.68. The zero-order valence-corrected chi connectivity index (χ0v) is 14.4. The summed E-state index contributed by atoms with van der Waals surface area (Å²) in [5, 5.41) is 0. The topological polar surface area (TPSA) is 7.12 Å². The fourth-order valence-corrected chi connectivity index (χ4v) is 3.72. The third kappa shape index (κ3) is 2.47. The molecule has 2 heteroatoms. The van der Waals surface area contributed by atoms with Crippen molar-refractivity contribution in [2.24, 2.45) is 0 Å². The molecule has 0 bridgehead atoms. The maximum Gasteiger partial charge on any atom is 0.215 e. The van der Waals surface area contributed by atoms with Crippen LogP contribution in [-0.2, 0) is 6.54 Å². The standard InChI is InChI=1S/C24H19N2/c1-3-10-20(11-4-1)26(21-12-5-2-6-13-21)22-15-16-25-18-19-9-7-8-14-23(19)24(25)17-22/h1-17H,18H2/q+1. The first kappa shape index (κ1) is 14.9. The van der Waals surface area contributed by atoms with E-state index >= 15 is 0 Å². The number of para-hydroxylation sites is 2. The van der Waals surface area contributed by atoms with Crippen LogP contribution in [0.5, 0.6) is 0 Å². The van der Waals surface area contributed by atoms with E-state index in [9.17, 15) is 0 Å². The van der Waals surface area contributed by atoms with Gasteiger partial charge in [0.25, 0.3) is 0 Å². The zero-order valence-electron chi connectivity index (χ0n) is 14.4. The average Bonchev–Trinajstić information content (AvgIpc) is 3.08. The number of benzene rings is 3. The van der Waals surface area contributed by atoms with Crippen LogP contribution < -0.4 is 9.47 Å². The molecule has 1 aliphatic heterocycles. The molecule has 26 heavy (non-hydrogen) atoms. The zero-order chi connectivity index (χ0) is 17.3. The van der Waals surface area contributed by atoms with E-state index < -0.39 is 0 Å². The summed E-state index contributed by atoms with van der Waals surface area (Å²) in [5.74, 6) is 0. The predicted octanol–water partition coefficient (Wildman–Crippen LogP) is 5.47. The Hall–Kier alpha value is -3.39. The van der Waals surface area contributed by atoms with Gasteiger partial charge in [0, 0.05) is 29.1 Å². The van der Waals surface area contributed by atoms with Crippen molar-refractivity contribution in [3.05, 3.63) is 109 Å². The van der Waals surface area contributed by atoms with E-state index in [1.165, 1.54) is 22.5 Å². The number of hydrogen-bond donors (Lipinski definition) is 0. The highest BCUT2D eigenvalue weighted by Gasteiger charge is 2.27. The first-order valence-corrected chi connectivity index (χ1v) is 8.92. The molecule has 5 rings (SSSR count). The SMILES string of the molecule is c1ccc(N(c2ccccc2)c2cc[n+]3c(c2)-c2ccccc2C3)cc1. The van der Waals surface area contributed by atoms with Crippen LogP contribution >= 0.6 is 0 Å². The second-order valence-corrected chi connectivity index (χ2v) is 6.56. The molecular weight excluding hydrogens is 316 g/mol. The van der Waals surface area contributed by atoms with Gasteiger partial charge in [-0.1, -0.05) is 54.6 Å². The molecule has 0 fully saturated rings. The van der Waals surface area contributed by atoms with Crippen molar-refractivity contribution in [2.45, 2.75) is 6.54 Å². The fraction of sp³-hybridized carbons (Fsp3) is 0.0417. The smallest absolute Gasteiger partial charge is 0.215 e. The van der Waals surface area contributed by atoms with Gasteiger partial charge in [-0.05, 0) is 30.3 Å². The van der Waals surface area contributed by atoms with Crippen LogP contribution in [0.2, 0.25) is 0 Å². The molecule has 4 aromatic rings. The Morgan fingerprint density at radius 2 is 1.23 bits per heavy atom. The highest BCUT2D eigenvalue weighted by Crippen LogP contribution is 2.36. The van der Waals surface area contributed by atoms with E-state index in [2.05, 4.69) is 113 Å². The van der Waals surface area contributed by atoms with Crippen LogP contribution in [0.1, 0.15) is 5.56 Å². The van der Waals surface area contributed by atoms with E-state index in [0.29, 0.717) is 0 Å². The minimum atomic E-state index is 0.947. The number of rotatable bonds is 3. The summed E-state index contributed by atoms with van der Waals surface area (Å²) in [5.41, 5.74) is 7.48. The van der Waals surface area contributed by atoms with Gasteiger partial charge in [-0.2, -0.15) is 4.57 Å². The quantitative estimate of drug-likeness (QED) is 0.396. The van der Waals surface area contributed by atoms with E-state index in [1.807, 2.05) is 0 Å². The lowest BCUT2D eigenvalue weighted by Gasteiger charge is -2.25. The summed E-state index contributed by atoms with van der Waals surface area (Å²) in [4.78, 5) is 2.31. The molecule has 2 nitrogen and oxygen atoms in total. The largest absolute Gasteiger partial charge is 0.310 e. The number of hydrogen-bond acceptors (Lipinski definition) is 1. The summed E-state index contributed by atoms with van der Waals surface area (Å²) in [7, 11) is 0. The average molecular weight is 335 g/mol. The number of pyridine rings is 1. The van der Waals surface area contributed by atoms with Gasteiger partial charge in [-0.3, -0.25) is 0 Å². The summed E-state index contributed by atoms with van der Waals surface area (Å²) >= 11 is 0. The Kier molecular flexibility index (Phi) is 3.53. The summed E-state index contributed by atoms with van der Waals surface area (Å²) < 4.78 is 2.32. The van der Waals surface area contributed by atoms with Crippen LogP contribution in [0.15, 0.2) is 103 Å². The minimum absolute atomic E-state index is 0.947. The number of aromatic nitrogens is 1. The molecule has 0 spiro atoms. The Morgan fingerprint density at radius 1 is 0.615 bits per heavy atom. The monoisotopic (exact) mass is 335 g/mol. The molecule has 1 aliphatic rings. The lowest BCUT2D eigenvalue weighted by molar-refractivity contribution is -0.672. The Morgan fingerprint density at radius 3 is 1.92 bits per heavy atom. The molecule has 0 atom stereocenters. The van der Waals surface area contributed by atoms with Crippen LogP contribution in [0.4, 0.5) is 17.1 Å². The van der Waals surface area contributed by atoms with Crippen molar-refractivity contribution in [3.63, 3.8) is 0 Å². The lowest BCUT2D eigenvalue weighted by atomic mass is 10.1. The lowest BCUT2D eigenvalue weighted by Crippen LogP contribution is -2.32. The molecule has 124 valence electrons. The van der Waals surface area contributed by atoms with Crippen molar-refractivity contribution < 1.29 is 4.57 Å². The molecule has 0 amide bonds. The van der Waals surface area contributed by atoms with Crippen molar-refractivity contribution >= 4 is 17.1 Å². The minimum Gasteiger partial charge on any atom is -0.310 e.